The van der Waals surface area contributed by atoms with Crippen molar-refractivity contribution in [2.45, 2.75) is 27.7 Å². The quantitative estimate of drug-likeness (QED) is 0.698. The molecule has 1 rings (SSSR count). The second kappa shape index (κ2) is 8.51. The Balaban J connectivity index is 3.36. The minimum atomic E-state index is -0.969. The molecule has 0 aliphatic rings. The number of carbonyl (C=O) groups is 6. The van der Waals surface area contributed by atoms with Gasteiger partial charge in [0.2, 0.25) is 23.6 Å². The largest absolute Gasteiger partial charge is 0.280 e. The van der Waals surface area contributed by atoms with E-state index in [0.29, 0.717) is 10.0 Å². The third-order valence-corrected chi connectivity index (χ3v) is 2.96. The molecule has 6 amide bonds. The zero-order chi connectivity index (χ0) is 20.0. The summed E-state index contributed by atoms with van der Waals surface area (Å²) in [5, 5.41) is 0.899. The summed E-state index contributed by atoms with van der Waals surface area (Å²) in [5.74, 6) is -4.83. The lowest BCUT2D eigenvalue weighted by atomic mass is 10.1. The Morgan fingerprint density at radius 1 is 0.654 bits per heavy atom. The van der Waals surface area contributed by atoms with E-state index in [9.17, 15) is 28.8 Å². The van der Waals surface area contributed by atoms with Gasteiger partial charge in [-0.1, -0.05) is 12.1 Å². The molecule has 26 heavy (non-hydrogen) atoms. The molecule has 0 aliphatic carbocycles. The molecule has 10 heteroatoms. The SMILES string of the molecule is CC(=O)NN(C(C)=O)C(=O)c1ccccc1C(=O)N(NC(C)=O)C(C)=O. The number of rotatable bonds is 2. The number of nitrogens with zero attached hydrogens (tertiary/aromatic N) is 2. The van der Waals surface area contributed by atoms with Crippen LogP contribution in [0.5, 0.6) is 0 Å². The maximum absolute atomic E-state index is 12.6. The van der Waals surface area contributed by atoms with E-state index in [0.717, 1.165) is 27.7 Å². The van der Waals surface area contributed by atoms with Crippen molar-refractivity contribution in [1.82, 2.24) is 20.9 Å². The van der Waals surface area contributed by atoms with E-state index in [4.69, 9.17) is 0 Å². The van der Waals surface area contributed by atoms with Crippen molar-refractivity contribution in [3.8, 4) is 0 Å². The standard InChI is InChI=1S/C16H18N4O6/c1-9(21)17-19(11(3)23)15(25)13-7-5-6-8-14(13)16(26)20(12(4)24)18-10(2)22/h5-8H,1-4H3,(H,17,21)(H,18,22). The summed E-state index contributed by atoms with van der Waals surface area (Å²) in [6, 6.07) is 5.37. The van der Waals surface area contributed by atoms with Crippen molar-refractivity contribution in [3.05, 3.63) is 35.4 Å². The van der Waals surface area contributed by atoms with Crippen LogP contribution in [0.15, 0.2) is 24.3 Å². The molecule has 0 aliphatic heterocycles. The maximum Gasteiger partial charge on any atom is 0.280 e. The van der Waals surface area contributed by atoms with Crippen LogP contribution in [0.4, 0.5) is 0 Å². The lowest BCUT2D eigenvalue weighted by Gasteiger charge is -2.22. The molecule has 0 saturated carbocycles. The van der Waals surface area contributed by atoms with Crippen molar-refractivity contribution >= 4 is 35.4 Å². The maximum atomic E-state index is 12.6. The monoisotopic (exact) mass is 362 g/mol. The van der Waals surface area contributed by atoms with Crippen LogP contribution in [0, 0.1) is 0 Å². The van der Waals surface area contributed by atoms with Gasteiger partial charge in [-0.15, -0.1) is 0 Å². The van der Waals surface area contributed by atoms with E-state index >= 15 is 0 Å². The van der Waals surface area contributed by atoms with Crippen molar-refractivity contribution < 1.29 is 28.8 Å². The van der Waals surface area contributed by atoms with Crippen LogP contribution in [0.2, 0.25) is 0 Å². The van der Waals surface area contributed by atoms with E-state index in [1.807, 2.05) is 0 Å². The summed E-state index contributed by atoms with van der Waals surface area (Å²) in [7, 11) is 0. The molecule has 2 N–H and O–H groups in total. The number of nitrogens with one attached hydrogen (secondary N) is 2. The number of hydrogen-bond donors (Lipinski definition) is 2. The molecule has 0 fully saturated rings. The minimum Gasteiger partial charge on any atom is -0.274 e. The summed E-state index contributed by atoms with van der Waals surface area (Å²) in [5.41, 5.74) is 3.65. The van der Waals surface area contributed by atoms with Crippen LogP contribution < -0.4 is 10.9 Å². The fraction of sp³-hybridized carbons (Fsp3) is 0.250. The van der Waals surface area contributed by atoms with Gasteiger partial charge in [-0.05, 0) is 12.1 Å². The van der Waals surface area contributed by atoms with Gasteiger partial charge in [0, 0.05) is 27.7 Å². The van der Waals surface area contributed by atoms with Crippen molar-refractivity contribution in [3.63, 3.8) is 0 Å². The van der Waals surface area contributed by atoms with E-state index in [2.05, 4.69) is 10.9 Å². The molecule has 0 spiro atoms. The van der Waals surface area contributed by atoms with Gasteiger partial charge in [0.15, 0.2) is 0 Å². The van der Waals surface area contributed by atoms with Gasteiger partial charge in [-0.25, -0.2) is 0 Å². The molecule has 0 atom stereocenters. The zero-order valence-electron chi connectivity index (χ0n) is 14.7. The van der Waals surface area contributed by atoms with E-state index in [-0.39, 0.29) is 11.1 Å². The van der Waals surface area contributed by atoms with Crippen LogP contribution in [0.3, 0.4) is 0 Å². The molecule has 0 saturated heterocycles. The molecule has 0 unspecified atom stereocenters. The molecule has 1 aromatic rings. The summed E-state index contributed by atoms with van der Waals surface area (Å²) in [6.07, 6.45) is 0. The number of amides is 6. The number of hydrazine groups is 2. The highest BCUT2D eigenvalue weighted by Gasteiger charge is 2.29. The third-order valence-electron chi connectivity index (χ3n) is 2.96. The topological polar surface area (TPSA) is 133 Å². The number of benzene rings is 1. The first-order valence-corrected chi connectivity index (χ1v) is 7.39. The van der Waals surface area contributed by atoms with Gasteiger partial charge in [0.1, 0.15) is 0 Å². The Morgan fingerprint density at radius 2 is 0.962 bits per heavy atom. The van der Waals surface area contributed by atoms with Crippen molar-refractivity contribution in [1.29, 1.82) is 0 Å². The molecule has 0 aromatic heterocycles. The van der Waals surface area contributed by atoms with Gasteiger partial charge >= 0.3 is 0 Å². The van der Waals surface area contributed by atoms with E-state index in [1.165, 1.54) is 24.3 Å². The third kappa shape index (κ3) is 4.97. The summed E-state index contributed by atoms with van der Waals surface area (Å²) in [6.45, 7) is 4.32. The highest BCUT2D eigenvalue weighted by Crippen LogP contribution is 2.14. The van der Waals surface area contributed by atoms with Crippen LogP contribution in [0.25, 0.3) is 0 Å². The Labute approximate surface area is 149 Å². The first kappa shape index (κ1) is 20.5. The van der Waals surface area contributed by atoms with E-state index < -0.39 is 35.4 Å². The molecular weight excluding hydrogens is 344 g/mol. The summed E-state index contributed by atoms with van der Waals surface area (Å²) in [4.78, 5) is 70.9. The predicted molar refractivity (Wildman–Crippen MR) is 87.8 cm³/mol. The molecule has 138 valence electrons. The molecule has 10 nitrogen and oxygen atoms in total. The Bertz CT molecular complexity index is 724. The highest BCUT2D eigenvalue weighted by molar-refractivity contribution is 6.14. The van der Waals surface area contributed by atoms with Crippen LogP contribution >= 0.6 is 0 Å². The Hall–Kier alpha value is -3.56. The zero-order valence-corrected chi connectivity index (χ0v) is 14.7. The second-order valence-corrected chi connectivity index (χ2v) is 5.20. The van der Waals surface area contributed by atoms with Gasteiger partial charge < -0.3 is 0 Å². The number of carbonyl (C=O) groups excluding carboxylic acids is 6. The van der Waals surface area contributed by atoms with Gasteiger partial charge in [0.05, 0.1) is 11.1 Å². The number of imide groups is 2. The predicted octanol–water partition coefficient (Wildman–Crippen LogP) is -0.234. The van der Waals surface area contributed by atoms with Crippen LogP contribution in [-0.2, 0) is 19.2 Å². The molecule has 0 bridgehead atoms. The minimum absolute atomic E-state index is 0.238. The average Bonchev–Trinajstić information content (AvgIpc) is 2.55. The average molecular weight is 362 g/mol. The second-order valence-electron chi connectivity index (χ2n) is 5.20. The number of hydrogen-bond acceptors (Lipinski definition) is 6. The van der Waals surface area contributed by atoms with Gasteiger partial charge in [-0.3, -0.25) is 39.6 Å². The normalized spacial score (nSPS) is 9.69. The van der Waals surface area contributed by atoms with Crippen LogP contribution in [-0.4, -0.2) is 45.5 Å². The van der Waals surface area contributed by atoms with Crippen molar-refractivity contribution in [2.24, 2.45) is 0 Å². The highest BCUT2D eigenvalue weighted by atomic mass is 16.2. The first-order chi connectivity index (χ1) is 12.1. The smallest absolute Gasteiger partial charge is 0.274 e. The lowest BCUT2D eigenvalue weighted by Crippen LogP contribution is -2.50. The van der Waals surface area contributed by atoms with Crippen LogP contribution in [0.1, 0.15) is 48.4 Å². The molecular formula is C16H18N4O6. The Morgan fingerprint density at radius 3 is 1.19 bits per heavy atom. The molecule has 0 radical (unpaired) electrons. The molecule has 0 heterocycles. The molecule has 1 aromatic carbocycles. The fourth-order valence-electron chi connectivity index (χ4n) is 1.96. The first-order valence-electron chi connectivity index (χ1n) is 7.39. The summed E-state index contributed by atoms with van der Waals surface area (Å²) >= 11 is 0. The lowest BCUT2D eigenvalue weighted by molar-refractivity contribution is -0.136. The van der Waals surface area contributed by atoms with E-state index in [1.54, 1.807) is 0 Å². The van der Waals surface area contributed by atoms with Crippen molar-refractivity contribution in [2.75, 3.05) is 0 Å². The fourth-order valence-corrected chi connectivity index (χ4v) is 1.96. The Kier molecular flexibility index (Phi) is 6.71. The summed E-state index contributed by atoms with van der Waals surface area (Å²) < 4.78 is 0. The van der Waals surface area contributed by atoms with Gasteiger partial charge in [0.25, 0.3) is 11.8 Å². The van der Waals surface area contributed by atoms with Gasteiger partial charge in [-0.2, -0.15) is 10.0 Å².